The normalized spacial score (nSPS) is 18.0. The molecule has 138 valence electrons. The van der Waals surface area contributed by atoms with Gasteiger partial charge in [0.05, 0.1) is 15.6 Å². The molecule has 0 unspecified atom stereocenters. The molecular weight excluding hydrogens is 395 g/mol. The lowest BCUT2D eigenvalue weighted by atomic mass is 10.2. The van der Waals surface area contributed by atoms with Crippen LogP contribution in [-0.2, 0) is 14.8 Å². The molecule has 1 fully saturated rings. The highest BCUT2D eigenvalue weighted by Gasteiger charge is 2.39. The fourth-order valence-electron chi connectivity index (χ4n) is 2.99. The van der Waals surface area contributed by atoms with Gasteiger partial charge < -0.3 is 5.32 Å². The number of anilines is 1. The highest BCUT2D eigenvalue weighted by Crippen LogP contribution is 2.32. The first-order chi connectivity index (χ1) is 12.3. The summed E-state index contributed by atoms with van der Waals surface area (Å²) in [5.74, 6) is -0.398. The van der Waals surface area contributed by atoms with E-state index in [0.29, 0.717) is 40.7 Å². The molecule has 1 saturated heterocycles. The van der Waals surface area contributed by atoms with E-state index >= 15 is 0 Å². The monoisotopic (exact) mass is 412 g/mol. The molecule has 1 heterocycles. The Morgan fingerprint density at radius 2 is 1.85 bits per heavy atom. The summed E-state index contributed by atoms with van der Waals surface area (Å²) >= 11 is 12.3. The van der Waals surface area contributed by atoms with Crippen LogP contribution in [0, 0.1) is 6.92 Å². The van der Waals surface area contributed by atoms with Crippen LogP contribution in [0.4, 0.5) is 5.69 Å². The van der Waals surface area contributed by atoms with E-state index in [4.69, 9.17) is 23.2 Å². The van der Waals surface area contributed by atoms with E-state index in [1.54, 1.807) is 37.3 Å². The van der Waals surface area contributed by atoms with Gasteiger partial charge in [-0.2, -0.15) is 4.31 Å². The zero-order chi connectivity index (χ0) is 18.9. The van der Waals surface area contributed by atoms with Crippen LogP contribution in [-0.4, -0.2) is 31.2 Å². The number of rotatable bonds is 4. The highest BCUT2D eigenvalue weighted by molar-refractivity contribution is 7.89. The molecule has 8 heteroatoms. The highest BCUT2D eigenvalue weighted by atomic mass is 35.5. The number of nitrogens with zero attached hydrogens (tertiary/aromatic N) is 1. The Labute approximate surface area is 163 Å². The summed E-state index contributed by atoms with van der Waals surface area (Å²) in [5, 5.41) is 3.59. The number of carbonyl (C=O) groups is 1. The van der Waals surface area contributed by atoms with Crippen molar-refractivity contribution >= 4 is 44.8 Å². The topological polar surface area (TPSA) is 66.5 Å². The Morgan fingerprint density at radius 1 is 1.15 bits per heavy atom. The van der Waals surface area contributed by atoms with Gasteiger partial charge in [0.15, 0.2) is 0 Å². The average molecular weight is 413 g/mol. The van der Waals surface area contributed by atoms with Gasteiger partial charge in [-0.15, -0.1) is 0 Å². The number of benzene rings is 2. The molecule has 0 spiro atoms. The third-order valence-corrected chi connectivity index (χ3v) is 7.25. The zero-order valence-corrected chi connectivity index (χ0v) is 16.4. The number of nitrogens with one attached hydrogen (secondary N) is 1. The quantitative estimate of drug-likeness (QED) is 0.821. The van der Waals surface area contributed by atoms with E-state index in [0.717, 1.165) is 0 Å². The van der Waals surface area contributed by atoms with E-state index in [1.807, 2.05) is 0 Å². The van der Waals surface area contributed by atoms with Crippen LogP contribution >= 0.6 is 23.2 Å². The van der Waals surface area contributed by atoms with Gasteiger partial charge in [-0.05, 0) is 49.6 Å². The van der Waals surface area contributed by atoms with E-state index in [2.05, 4.69) is 5.32 Å². The number of hydrogen-bond acceptors (Lipinski definition) is 3. The molecule has 5 nitrogen and oxygen atoms in total. The number of carbonyl (C=O) groups excluding carboxylic acids is 1. The van der Waals surface area contributed by atoms with Crippen molar-refractivity contribution in [2.45, 2.75) is 30.7 Å². The first-order valence-corrected chi connectivity index (χ1v) is 10.3. The summed E-state index contributed by atoms with van der Waals surface area (Å²) in [6.45, 7) is 2.06. The maximum atomic E-state index is 12.9. The summed E-state index contributed by atoms with van der Waals surface area (Å²) in [5.41, 5.74) is 1.08. The van der Waals surface area contributed by atoms with Gasteiger partial charge in [0, 0.05) is 11.6 Å². The molecule has 1 atom stereocenters. The van der Waals surface area contributed by atoms with Gasteiger partial charge in [-0.3, -0.25) is 4.79 Å². The van der Waals surface area contributed by atoms with Gasteiger partial charge in [0.1, 0.15) is 6.04 Å². The Bertz CT molecular complexity index is 933. The van der Waals surface area contributed by atoms with Crippen LogP contribution in [0.15, 0.2) is 47.4 Å². The van der Waals surface area contributed by atoms with Crippen LogP contribution in [0.5, 0.6) is 0 Å². The van der Waals surface area contributed by atoms with Crippen molar-refractivity contribution in [3.63, 3.8) is 0 Å². The van der Waals surface area contributed by atoms with E-state index in [1.165, 1.54) is 16.4 Å². The van der Waals surface area contributed by atoms with Crippen molar-refractivity contribution in [3.8, 4) is 0 Å². The molecular formula is C18H18Cl2N2O3S. The lowest BCUT2D eigenvalue weighted by Crippen LogP contribution is -2.43. The summed E-state index contributed by atoms with van der Waals surface area (Å²) in [6, 6.07) is 10.6. The van der Waals surface area contributed by atoms with Crippen LogP contribution in [0.25, 0.3) is 0 Å². The van der Waals surface area contributed by atoms with Gasteiger partial charge in [-0.1, -0.05) is 41.4 Å². The number of halogens is 2. The van der Waals surface area contributed by atoms with Gasteiger partial charge >= 0.3 is 0 Å². The molecule has 0 saturated carbocycles. The second-order valence-electron chi connectivity index (χ2n) is 6.11. The minimum Gasteiger partial charge on any atom is -0.323 e. The maximum absolute atomic E-state index is 12.9. The zero-order valence-electron chi connectivity index (χ0n) is 14.1. The average Bonchev–Trinajstić information content (AvgIpc) is 3.14. The Balaban J connectivity index is 1.85. The predicted molar refractivity (Wildman–Crippen MR) is 103 cm³/mol. The van der Waals surface area contributed by atoms with Crippen LogP contribution in [0.1, 0.15) is 18.4 Å². The maximum Gasteiger partial charge on any atom is 0.243 e. The molecule has 0 bridgehead atoms. The predicted octanol–water partition coefficient (Wildman–Crippen LogP) is 4.09. The lowest BCUT2D eigenvalue weighted by molar-refractivity contribution is -0.119. The summed E-state index contributed by atoms with van der Waals surface area (Å²) in [7, 11) is -3.73. The fourth-order valence-corrected chi connectivity index (χ4v) is 5.09. The van der Waals surface area contributed by atoms with E-state index in [9.17, 15) is 13.2 Å². The Hall–Kier alpha value is -1.60. The minimum absolute atomic E-state index is 0.181. The first kappa shape index (κ1) is 19.2. The lowest BCUT2D eigenvalue weighted by Gasteiger charge is -2.23. The van der Waals surface area contributed by atoms with Crippen molar-refractivity contribution in [1.82, 2.24) is 4.31 Å². The smallest absolute Gasteiger partial charge is 0.243 e. The Morgan fingerprint density at radius 3 is 2.54 bits per heavy atom. The summed E-state index contributed by atoms with van der Waals surface area (Å²) in [4.78, 5) is 12.9. The van der Waals surface area contributed by atoms with Crippen LogP contribution in [0.3, 0.4) is 0 Å². The molecule has 1 amide bonds. The first-order valence-electron chi connectivity index (χ1n) is 8.14. The largest absolute Gasteiger partial charge is 0.323 e. The molecule has 26 heavy (non-hydrogen) atoms. The second-order valence-corrected chi connectivity index (χ2v) is 8.79. The molecule has 1 aliphatic heterocycles. The molecule has 3 rings (SSSR count). The van der Waals surface area contributed by atoms with E-state index in [-0.39, 0.29) is 4.90 Å². The van der Waals surface area contributed by atoms with Crippen molar-refractivity contribution < 1.29 is 13.2 Å². The third kappa shape index (κ3) is 3.60. The van der Waals surface area contributed by atoms with Crippen LogP contribution in [0.2, 0.25) is 10.0 Å². The van der Waals surface area contributed by atoms with Crippen molar-refractivity contribution in [1.29, 1.82) is 0 Å². The van der Waals surface area contributed by atoms with Crippen molar-refractivity contribution in [3.05, 3.63) is 58.1 Å². The van der Waals surface area contributed by atoms with Gasteiger partial charge in [0.2, 0.25) is 15.9 Å². The molecule has 2 aromatic carbocycles. The summed E-state index contributed by atoms with van der Waals surface area (Å²) < 4.78 is 27.0. The van der Waals surface area contributed by atoms with Gasteiger partial charge in [-0.25, -0.2) is 8.42 Å². The number of amides is 1. The van der Waals surface area contributed by atoms with Crippen LogP contribution < -0.4 is 5.32 Å². The molecule has 0 aliphatic carbocycles. The Kier molecular flexibility index (Phi) is 5.58. The molecule has 0 aromatic heterocycles. The molecule has 1 aliphatic rings. The molecule has 0 radical (unpaired) electrons. The number of sulfonamides is 1. The molecule has 1 N–H and O–H groups in total. The van der Waals surface area contributed by atoms with Crippen molar-refractivity contribution in [2.24, 2.45) is 0 Å². The fraction of sp³-hybridized carbons (Fsp3) is 0.278. The number of hydrogen-bond donors (Lipinski definition) is 1. The van der Waals surface area contributed by atoms with Crippen molar-refractivity contribution in [2.75, 3.05) is 11.9 Å². The molecule has 2 aromatic rings. The minimum atomic E-state index is -3.73. The third-order valence-electron chi connectivity index (χ3n) is 4.43. The van der Waals surface area contributed by atoms with E-state index < -0.39 is 22.0 Å². The van der Waals surface area contributed by atoms with Gasteiger partial charge in [0.25, 0.3) is 0 Å². The SMILES string of the molecule is Cc1c(Cl)ccc(NC(=O)[C@@H]2CCCN2S(=O)(=O)c2ccccc2)c1Cl. The second kappa shape index (κ2) is 7.56. The summed E-state index contributed by atoms with van der Waals surface area (Å²) in [6.07, 6.45) is 1.08. The standard InChI is InChI=1S/C18H18Cl2N2O3S/c1-12-14(19)9-10-15(17(12)20)21-18(23)16-8-5-11-22(16)26(24,25)13-6-3-2-4-7-13/h2-4,6-7,9-10,16H,5,8,11H2,1H3,(H,21,23)/t16-/m0/s1.